The third kappa shape index (κ3) is 5.00. The molecule has 0 saturated heterocycles. The molecule has 9 aromatic carbocycles. The Morgan fingerprint density at radius 1 is 0.435 bits per heavy atom. The van der Waals surface area contributed by atoms with Gasteiger partial charge < -0.3 is 14.0 Å². The van der Waals surface area contributed by atoms with Crippen molar-refractivity contribution in [1.82, 2.24) is 4.57 Å². The minimum Gasteiger partial charge on any atom is -0.458 e. The third-order valence-corrected chi connectivity index (χ3v) is 18.3. The van der Waals surface area contributed by atoms with Crippen LogP contribution in [0.25, 0.3) is 33.3 Å². The average molecular weight is 808 g/mol. The summed E-state index contributed by atoms with van der Waals surface area (Å²) in [5.74, 6) is 3.56. The molecule has 62 heavy (non-hydrogen) atoms. The Morgan fingerprint density at radius 2 is 0.952 bits per heavy atom. The lowest BCUT2D eigenvalue weighted by atomic mass is 9.32. The number of nitrogens with zero attached hydrogens (tertiary/aromatic N) is 1. The van der Waals surface area contributed by atoms with Crippen LogP contribution in [-0.4, -0.2) is 19.4 Å². The van der Waals surface area contributed by atoms with Crippen molar-refractivity contribution in [2.45, 2.75) is 5.92 Å². The normalized spacial score (nSPS) is 14.8. The van der Waals surface area contributed by atoms with E-state index in [4.69, 9.17) is 9.47 Å². The van der Waals surface area contributed by atoms with Crippen molar-refractivity contribution in [3.8, 4) is 22.9 Å². The van der Waals surface area contributed by atoms with Gasteiger partial charge in [0.2, 0.25) is 0 Å². The van der Waals surface area contributed by atoms with Crippen molar-refractivity contribution in [2.24, 2.45) is 0 Å². The van der Waals surface area contributed by atoms with Crippen LogP contribution < -0.4 is 41.1 Å². The standard InChI is InChI=1S/C57H38BNO2Si/c1-5-19-38(20-6-1)54-46-29-13-14-30-47(46)57-56(54)58-48-34-33-39(59-49-31-17-15-27-44(49)45-28-16-18-32-50(45)59)35-51(48)60-52-36-43(37-53(61-57)55(52)58)62(40-21-7-2-8-22-40,41-23-9-3-10-24-41)42-25-11-4-12-26-42/h1-37,54H. The number of hydrogen-bond acceptors (Lipinski definition) is 2. The molecular weight excluding hydrogens is 770 g/mol. The number of benzene rings is 9. The molecular formula is C57H38BNO2Si. The molecule has 3 heterocycles. The van der Waals surface area contributed by atoms with Gasteiger partial charge in [-0.2, -0.15) is 0 Å². The lowest BCUT2D eigenvalue weighted by molar-refractivity contribution is 0.474. The number of rotatable bonds is 6. The molecule has 1 unspecified atom stereocenters. The molecule has 290 valence electrons. The number of hydrogen-bond donors (Lipinski definition) is 0. The molecule has 0 fully saturated rings. The van der Waals surface area contributed by atoms with Crippen molar-refractivity contribution in [3.63, 3.8) is 0 Å². The first-order chi connectivity index (χ1) is 30.8. The topological polar surface area (TPSA) is 23.4 Å². The quantitative estimate of drug-likeness (QED) is 0.124. The molecule has 0 radical (unpaired) electrons. The van der Waals surface area contributed by atoms with Gasteiger partial charge in [0, 0.05) is 39.5 Å². The highest BCUT2D eigenvalue weighted by atomic mass is 28.3. The summed E-state index contributed by atoms with van der Waals surface area (Å²) in [6.07, 6.45) is 0. The van der Waals surface area contributed by atoms with Gasteiger partial charge in [-0.05, 0) is 73.1 Å². The van der Waals surface area contributed by atoms with E-state index in [1.807, 2.05) is 0 Å². The Balaban J connectivity index is 1.11. The van der Waals surface area contributed by atoms with Crippen LogP contribution in [0.2, 0.25) is 0 Å². The molecule has 3 aliphatic rings. The first-order valence-corrected chi connectivity index (χ1v) is 23.5. The summed E-state index contributed by atoms with van der Waals surface area (Å²) in [5.41, 5.74) is 10.6. The second-order valence-corrected chi connectivity index (χ2v) is 20.5. The number of aromatic nitrogens is 1. The van der Waals surface area contributed by atoms with Crippen LogP contribution in [0.15, 0.2) is 230 Å². The molecule has 1 aromatic heterocycles. The van der Waals surface area contributed by atoms with Crippen LogP contribution in [0.5, 0.6) is 17.2 Å². The SMILES string of the molecule is c1ccc(C2C3=C(Oc4cc([Si](c5ccccc5)(c5ccccc5)c5ccccc5)cc5c4B3c3ccc(-n4c6ccccc6c6ccccc64)cc3O5)c3ccccc32)cc1. The van der Waals surface area contributed by atoms with E-state index in [1.54, 1.807) is 0 Å². The van der Waals surface area contributed by atoms with Crippen LogP contribution in [0.1, 0.15) is 22.6 Å². The summed E-state index contributed by atoms with van der Waals surface area (Å²) in [7, 11) is -2.96. The summed E-state index contributed by atoms with van der Waals surface area (Å²) in [4.78, 5) is 0. The summed E-state index contributed by atoms with van der Waals surface area (Å²) in [6, 6.07) is 82.1. The molecule has 0 N–H and O–H groups in total. The Hall–Kier alpha value is -7.60. The number of para-hydroxylation sites is 2. The third-order valence-electron chi connectivity index (χ3n) is 13.6. The first kappa shape index (κ1) is 35.2. The number of allylic oxidation sites excluding steroid dienone is 1. The second-order valence-electron chi connectivity index (χ2n) is 16.7. The summed E-state index contributed by atoms with van der Waals surface area (Å²) >= 11 is 0. The zero-order chi connectivity index (χ0) is 40.8. The van der Waals surface area contributed by atoms with Crippen molar-refractivity contribution in [3.05, 3.63) is 247 Å². The lowest BCUT2D eigenvalue weighted by Gasteiger charge is -2.38. The Labute approximate surface area is 361 Å². The Kier molecular flexibility index (Phi) is 7.78. The summed E-state index contributed by atoms with van der Waals surface area (Å²) in [6.45, 7) is -0.104. The zero-order valence-corrected chi connectivity index (χ0v) is 34.8. The molecule has 0 bridgehead atoms. The summed E-state index contributed by atoms with van der Waals surface area (Å²) in [5, 5.41) is 7.59. The maximum atomic E-state index is 7.44. The van der Waals surface area contributed by atoms with Gasteiger partial charge in [0.1, 0.15) is 23.0 Å². The van der Waals surface area contributed by atoms with Gasteiger partial charge in [-0.15, -0.1) is 0 Å². The molecule has 1 aliphatic carbocycles. The zero-order valence-electron chi connectivity index (χ0n) is 33.8. The van der Waals surface area contributed by atoms with Gasteiger partial charge in [-0.3, -0.25) is 0 Å². The van der Waals surface area contributed by atoms with E-state index in [-0.39, 0.29) is 12.6 Å². The highest BCUT2D eigenvalue weighted by Gasteiger charge is 2.50. The number of fused-ring (bicyclic) bond motifs is 8. The van der Waals surface area contributed by atoms with Gasteiger partial charge in [-0.1, -0.05) is 188 Å². The fourth-order valence-corrected chi connectivity index (χ4v) is 15.8. The van der Waals surface area contributed by atoms with E-state index in [0.717, 1.165) is 45.2 Å². The highest BCUT2D eigenvalue weighted by molar-refractivity contribution is 7.20. The smallest absolute Gasteiger partial charge is 0.257 e. The fraction of sp³-hybridized carbons (Fsp3) is 0.0175. The molecule has 0 amide bonds. The highest BCUT2D eigenvalue weighted by Crippen LogP contribution is 2.51. The van der Waals surface area contributed by atoms with E-state index < -0.39 is 8.07 Å². The van der Waals surface area contributed by atoms with Crippen LogP contribution in [-0.2, 0) is 0 Å². The monoisotopic (exact) mass is 807 g/mol. The summed E-state index contributed by atoms with van der Waals surface area (Å²) < 4.78 is 17.2. The van der Waals surface area contributed by atoms with E-state index in [0.29, 0.717) is 0 Å². The predicted octanol–water partition coefficient (Wildman–Crippen LogP) is 9.36. The predicted molar refractivity (Wildman–Crippen MR) is 258 cm³/mol. The van der Waals surface area contributed by atoms with Crippen molar-refractivity contribution < 1.29 is 9.47 Å². The van der Waals surface area contributed by atoms with Gasteiger partial charge in [0.15, 0.2) is 8.07 Å². The van der Waals surface area contributed by atoms with Crippen LogP contribution in [0.3, 0.4) is 0 Å². The fourth-order valence-electron chi connectivity index (χ4n) is 11.1. The largest absolute Gasteiger partial charge is 0.458 e. The van der Waals surface area contributed by atoms with Gasteiger partial charge >= 0.3 is 0 Å². The molecule has 1 atom stereocenters. The minimum atomic E-state index is -2.96. The van der Waals surface area contributed by atoms with Crippen LogP contribution in [0.4, 0.5) is 0 Å². The molecule has 0 spiro atoms. The van der Waals surface area contributed by atoms with Crippen molar-refractivity contribution >= 4 is 74.0 Å². The molecule has 2 aliphatic heterocycles. The maximum absolute atomic E-state index is 7.44. The maximum Gasteiger partial charge on any atom is 0.257 e. The Morgan fingerprint density at radius 3 is 1.56 bits per heavy atom. The van der Waals surface area contributed by atoms with Gasteiger partial charge in [0.25, 0.3) is 6.71 Å². The van der Waals surface area contributed by atoms with Crippen LogP contribution >= 0.6 is 0 Å². The molecule has 10 aromatic rings. The first-order valence-electron chi connectivity index (χ1n) is 21.5. The van der Waals surface area contributed by atoms with Crippen molar-refractivity contribution in [1.29, 1.82) is 0 Å². The number of ether oxygens (including phenoxy) is 2. The Bertz CT molecular complexity index is 3270. The lowest BCUT2D eigenvalue weighted by Crippen LogP contribution is -2.75. The van der Waals surface area contributed by atoms with E-state index in [9.17, 15) is 0 Å². The van der Waals surface area contributed by atoms with Gasteiger partial charge in [0.05, 0.1) is 11.0 Å². The van der Waals surface area contributed by atoms with Gasteiger partial charge in [-0.25, -0.2) is 0 Å². The average Bonchev–Trinajstić information content (AvgIpc) is 3.86. The molecule has 5 heteroatoms. The minimum absolute atomic E-state index is 0.0162. The van der Waals surface area contributed by atoms with E-state index in [2.05, 4.69) is 229 Å². The molecule has 3 nitrogen and oxygen atoms in total. The van der Waals surface area contributed by atoms with Crippen LogP contribution in [0, 0.1) is 0 Å². The molecule has 0 saturated carbocycles. The second kappa shape index (κ2) is 13.7. The molecule has 13 rings (SSSR count). The van der Waals surface area contributed by atoms with Crippen molar-refractivity contribution in [2.75, 3.05) is 0 Å². The van der Waals surface area contributed by atoms with E-state index >= 15 is 0 Å². The van der Waals surface area contributed by atoms with E-state index in [1.165, 1.54) is 59.2 Å².